The molecule has 0 spiro atoms. The Morgan fingerprint density at radius 1 is 1.09 bits per heavy atom. The van der Waals surface area contributed by atoms with Crippen LogP contribution in [0.1, 0.15) is 16.9 Å². The summed E-state index contributed by atoms with van der Waals surface area (Å²) in [6.45, 7) is 4.84. The highest BCUT2D eigenvalue weighted by Crippen LogP contribution is 2.25. The van der Waals surface area contributed by atoms with Crippen LogP contribution in [0, 0.1) is 6.92 Å². The lowest BCUT2D eigenvalue weighted by atomic mass is 10.1. The summed E-state index contributed by atoms with van der Waals surface area (Å²) in [5, 5.41) is 0.703. The summed E-state index contributed by atoms with van der Waals surface area (Å²) >= 11 is 6.15. The highest BCUT2D eigenvalue weighted by atomic mass is 35.5. The molecule has 3 aromatic rings. The number of carbonyl (C=O) groups is 1. The number of halogens is 1. The van der Waals surface area contributed by atoms with Gasteiger partial charge in [0.25, 0.3) is 0 Å². The van der Waals surface area contributed by atoms with E-state index in [1.165, 1.54) is 24.5 Å². The lowest BCUT2D eigenvalue weighted by Gasteiger charge is -2.36. The molecule has 0 bridgehead atoms. The largest absolute Gasteiger partial charge is 0.468 e. The van der Waals surface area contributed by atoms with Gasteiger partial charge in [-0.05, 0) is 60.5 Å². The molecule has 9 heteroatoms. The first-order chi connectivity index (χ1) is 16.3. The molecule has 1 fully saturated rings. The Morgan fingerprint density at radius 3 is 2.50 bits per heavy atom. The average molecular weight is 500 g/mol. The molecule has 1 amide bonds. The van der Waals surface area contributed by atoms with Gasteiger partial charge in [-0.25, -0.2) is 13.1 Å². The minimum absolute atomic E-state index is 0.0701. The fraction of sp³-hybridized carbons (Fsp3) is 0.240. The number of nitrogens with zero attached hydrogens (tertiary/aromatic N) is 2. The van der Waals surface area contributed by atoms with E-state index in [2.05, 4.69) is 16.5 Å². The van der Waals surface area contributed by atoms with Gasteiger partial charge in [-0.3, -0.25) is 4.79 Å². The van der Waals surface area contributed by atoms with Gasteiger partial charge in [-0.15, -0.1) is 0 Å². The molecule has 1 aliphatic rings. The second kappa shape index (κ2) is 10.5. The van der Waals surface area contributed by atoms with Crippen molar-refractivity contribution >= 4 is 39.3 Å². The van der Waals surface area contributed by atoms with Gasteiger partial charge in [0, 0.05) is 43.0 Å². The number of furan rings is 1. The van der Waals surface area contributed by atoms with Gasteiger partial charge in [-0.1, -0.05) is 29.8 Å². The van der Waals surface area contributed by atoms with E-state index in [0.717, 1.165) is 29.9 Å². The van der Waals surface area contributed by atoms with Gasteiger partial charge in [0.15, 0.2) is 0 Å². The topological polar surface area (TPSA) is 82.9 Å². The van der Waals surface area contributed by atoms with Crippen LogP contribution in [0.3, 0.4) is 0 Å². The van der Waals surface area contributed by atoms with E-state index in [0.29, 0.717) is 23.9 Å². The predicted octanol–water partition coefficient (Wildman–Crippen LogP) is 4.08. The molecule has 2 aromatic carbocycles. The van der Waals surface area contributed by atoms with Gasteiger partial charge < -0.3 is 14.2 Å². The number of anilines is 1. The highest BCUT2D eigenvalue weighted by molar-refractivity contribution is 7.89. The number of carbonyl (C=O) groups excluding carboxylic acids is 1. The summed E-state index contributed by atoms with van der Waals surface area (Å²) in [4.78, 5) is 16.8. The molecule has 0 radical (unpaired) electrons. The predicted molar refractivity (Wildman–Crippen MR) is 133 cm³/mol. The molecule has 1 aliphatic heterocycles. The molecule has 1 N–H and O–H groups in total. The van der Waals surface area contributed by atoms with E-state index in [4.69, 9.17) is 16.0 Å². The maximum Gasteiger partial charge on any atom is 0.246 e. The number of hydrogen-bond acceptors (Lipinski definition) is 5. The van der Waals surface area contributed by atoms with Gasteiger partial charge >= 0.3 is 0 Å². The molecule has 34 heavy (non-hydrogen) atoms. The molecule has 0 aliphatic carbocycles. The van der Waals surface area contributed by atoms with Gasteiger partial charge in [0.1, 0.15) is 5.76 Å². The molecule has 2 heterocycles. The molecule has 1 aromatic heterocycles. The van der Waals surface area contributed by atoms with Crippen LogP contribution < -0.4 is 9.62 Å². The first-order valence-corrected chi connectivity index (χ1v) is 12.8. The van der Waals surface area contributed by atoms with Crippen molar-refractivity contribution in [2.45, 2.75) is 18.4 Å². The molecule has 178 valence electrons. The van der Waals surface area contributed by atoms with Crippen molar-refractivity contribution in [2.24, 2.45) is 0 Å². The third-order valence-corrected chi connectivity index (χ3v) is 7.38. The molecule has 0 unspecified atom stereocenters. The number of amides is 1. The van der Waals surface area contributed by atoms with E-state index in [1.54, 1.807) is 30.3 Å². The van der Waals surface area contributed by atoms with Crippen LogP contribution in [0.25, 0.3) is 6.08 Å². The lowest BCUT2D eigenvalue weighted by molar-refractivity contribution is -0.126. The van der Waals surface area contributed by atoms with E-state index in [-0.39, 0.29) is 17.3 Å². The standard InChI is InChI=1S/C25H26ClN3O4S/c1-19-4-8-21(26)17-24(19)28-12-14-29(15-13-28)25(30)11-7-20-5-9-23(10-6-20)34(31,32)27-18-22-3-2-16-33-22/h2-11,16-17,27H,12-15,18H2,1H3. The Bertz CT molecular complexity index is 1260. The summed E-state index contributed by atoms with van der Waals surface area (Å²) < 4.78 is 32.5. The van der Waals surface area contributed by atoms with E-state index < -0.39 is 10.0 Å². The number of benzene rings is 2. The number of hydrogen-bond donors (Lipinski definition) is 1. The van der Waals surface area contributed by atoms with Crippen LogP contribution in [0.5, 0.6) is 0 Å². The third-order valence-electron chi connectivity index (χ3n) is 5.73. The quantitative estimate of drug-likeness (QED) is 0.495. The Morgan fingerprint density at radius 2 is 1.82 bits per heavy atom. The van der Waals surface area contributed by atoms with Crippen LogP contribution in [-0.4, -0.2) is 45.4 Å². The molecule has 7 nitrogen and oxygen atoms in total. The lowest BCUT2D eigenvalue weighted by Crippen LogP contribution is -2.48. The van der Waals surface area contributed by atoms with E-state index in [1.807, 2.05) is 23.1 Å². The van der Waals surface area contributed by atoms with Crippen LogP contribution in [0.15, 0.2) is 76.2 Å². The highest BCUT2D eigenvalue weighted by Gasteiger charge is 2.21. The minimum atomic E-state index is -3.66. The van der Waals surface area contributed by atoms with Gasteiger partial charge in [0.2, 0.25) is 15.9 Å². The summed E-state index contributed by atoms with van der Waals surface area (Å²) in [5.41, 5.74) is 3.00. The van der Waals surface area contributed by atoms with Crippen molar-refractivity contribution in [3.63, 3.8) is 0 Å². The van der Waals surface area contributed by atoms with Crippen molar-refractivity contribution in [3.8, 4) is 0 Å². The summed E-state index contributed by atoms with van der Waals surface area (Å²) in [6.07, 6.45) is 4.72. The van der Waals surface area contributed by atoms with Crippen molar-refractivity contribution in [1.29, 1.82) is 0 Å². The molecular formula is C25H26ClN3O4S. The molecule has 0 atom stereocenters. The summed E-state index contributed by atoms with van der Waals surface area (Å²) in [7, 11) is -3.66. The smallest absolute Gasteiger partial charge is 0.246 e. The monoisotopic (exact) mass is 499 g/mol. The van der Waals surface area contributed by atoms with Crippen LogP contribution in [-0.2, 0) is 21.4 Å². The second-order valence-electron chi connectivity index (χ2n) is 8.05. The van der Waals surface area contributed by atoms with Crippen molar-refractivity contribution in [2.75, 3.05) is 31.1 Å². The molecule has 1 saturated heterocycles. The van der Waals surface area contributed by atoms with E-state index >= 15 is 0 Å². The third kappa shape index (κ3) is 5.88. The Balaban J connectivity index is 1.31. The number of nitrogens with one attached hydrogen (secondary N) is 1. The normalized spacial score (nSPS) is 14.6. The fourth-order valence-corrected chi connectivity index (χ4v) is 4.94. The van der Waals surface area contributed by atoms with Crippen LogP contribution >= 0.6 is 11.6 Å². The molecular weight excluding hydrogens is 474 g/mol. The zero-order valence-corrected chi connectivity index (χ0v) is 20.3. The maximum atomic E-state index is 12.6. The van der Waals surface area contributed by atoms with E-state index in [9.17, 15) is 13.2 Å². The number of aryl methyl sites for hydroxylation is 1. The van der Waals surface area contributed by atoms with Gasteiger partial charge in [-0.2, -0.15) is 0 Å². The Labute approximate surface area is 204 Å². The first kappa shape index (κ1) is 24.1. The number of rotatable bonds is 7. The molecule has 0 saturated carbocycles. The summed E-state index contributed by atoms with van der Waals surface area (Å²) in [5.74, 6) is 0.462. The van der Waals surface area contributed by atoms with Crippen LogP contribution in [0.4, 0.5) is 5.69 Å². The molecule has 4 rings (SSSR count). The van der Waals surface area contributed by atoms with Crippen molar-refractivity contribution in [1.82, 2.24) is 9.62 Å². The van der Waals surface area contributed by atoms with Gasteiger partial charge in [0.05, 0.1) is 17.7 Å². The number of sulfonamides is 1. The fourth-order valence-electron chi connectivity index (χ4n) is 3.78. The van der Waals surface area contributed by atoms with Crippen molar-refractivity contribution < 1.29 is 17.6 Å². The second-order valence-corrected chi connectivity index (χ2v) is 10.3. The van der Waals surface area contributed by atoms with Crippen molar-refractivity contribution in [3.05, 3.63) is 88.8 Å². The number of piperazine rings is 1. The van der Waals surface area contributed by atoms with Crippen LogP contribution in [0.2, 0.25) is 5.02 Å². The first-order valence-electron chi connectivity index (χ1n) is 10.9. The SMILES string of the molecule is Cc1ccc(Cl)cc1N1CCN(C(=O)C=Cc2ccc(S(=O)(=O)NCc3ccco3)cc2)CC1. The average Bonchev–Trinajstić information content (AvgIpc) is 3.37. The zero-order chi connectivity index (χ0) is 24.1. The zero-order valence-electron chi connectivity index (χ0n) is 18.8. The Kier molecular flexibility index (Phi) is 7.41. The minimum Gasteiger partial charge on any atom is -0.468 e. The Hall–Kier alpha value is -3.07. The maximum absolute atomic E-state index is 12.6. The summed E-state index contributed by atoms with van der Waals surface area (Å²) in [6, 6.07) is 15.6.